The Labute approximate surface area is 223 Å². The van der Waals surface area contributed by atoms with Gasteiger partial charge in [-0.05, 0) is 68.0 Å². The third-order valence-corrected chi connectivity index (χ3v) is 7.99. The molecule has 3 aromatic rings. The van der Waals surface area contributed by atoms with Crippen LogP contribution in [0, 0.1) is 5.41 Å². The minimum Gasteiger partial charge on any atom is -0.493 e. The van der Waals surface area contributed by atoms with Crippen LogP contribution in [0.3, 0.4) is 0 Å². The average molecular weight is 515 g/mol. The van der Waals surface area contributed by atoms with Crippen molar-refractivity contribution in [3.05, 3.63) is 59.3 Å². The highest BCUT2D eigenvalue weighted by molar-refractivity contribution is 5.88. The Kier molecular flexibility index (Phi) is 6.70. The van der Waals surface area contributed by atoms with E-state index >= 15 is 0 Å². The van der Waals surface area contributed by atoms with Gasteiger partial charge in [0.15, 0.2) is 11.5 Å². The summed E-state index contributed by atoms with van der Waals surface area (Å²) >= 11 is 0. The lowest BCUT2D eigenvalue weighted by molar-refractivity contribution is -0.153. The van der Waals surface area contributed by atoms with Crippen LogP contribution < -0.4 is 14.2 Å². The predicted molar refractivity (Wildman–Crippen MR) is 146 cm³/mol. The Balaban J connectivity index is 1.09. The third kappa shape index (κ3) is 4.95. The van der Waals surface area contributed by atoms with Crippen LogP contribution >= 0.6 is 0 Å². The second kappa shape index (κ2) is 10.3. The molecule has 0 N–H and O–H groups in total. The van der Waals surface area contributed by atoms with Crippen LogP contribution in [0.4, 0.5) is 0 Å². The summed E-state index contributed by atoms with van der Waals surface area (Å²) in [4.78, 5) is 19.2. The zero-order valence-electron chi connectivity index (χ0n) is 22.1. The lowest BCUT2D eigenvalue weighted by atomic mass is 9.77. The van der Waals surface area contributed by atoms with E-state index in [9.17, 15) is 4.79 Å². The number of methoxy groups -OCH3 is 1. The molecule has 198 valence electrons. The number of carbonyl (C=O) groups is 1. The van der Waals surface area contributed by atoms with Gasteiger partial charge in [-0.3, -0.25) is 9.78 Å². The number of hydrogen-bond donors (Lipinski definition) is 0. The van der Waals surface area contributed by atoms with Gasteiger partial charge in [-0.25, -0.2) is 0 Å². The fourth-order valence-electron chi connectivity index (χ4n) is 5.64. The van der Waals surface area contributed by atoms with E-state index in [1.165, 1.54) is 16.7 Å². The molecule has 3 heterocycles. The van der Waals surface area contributed by atoms with Gasteiger partial charge in [0.25, 0.3) is 0 Å². The van der Waals surface area contributed by atoms with Crippen LogP contribution in [0.5, 0.6) is 23.0 Å². The van der Waals surface area contributed by atoms with E-state index in [-0.39, 0.29) is 5.91 Å². The van der Waals surface area contributed by atoms with Crippen molar-refractivity contribution in [2.75, 3.05) is 40.0 Å². The minimum atomic E-state index is 0.204. The number of likely N-dealkylation sites (tertiary alicyclic amines) is 1. The highest BCUT2D eigenvalue weighted by atomic mass is 16.5. The van der Waals surface area contributed by atoms with Gasteiger partial charge >= 0.3 is 0 Å². The maximum atomic E-state index is 12.7. The monoisotopic (exact) mass is 514 g/mol. The molecule has 0 saturated carbocycles. The number of piperidine rings is 1. The Morgan fingerprint density at radius 3 is 2.68 bits per heavy atom. The van der Waals surface area contributed by atoms with E-state index in [4.69, 9.17) is 18.9 Å². The third-order valence-electron chi connectivity index (χ3n) is 7.99. The van der Waals surface area contributed by atoms with E-state index in [2.05, 4.69) is 30.1 Å². The number of amides is 1. The molecular weight excluding hydrogens is 480 g/mol. The van der Waals surface area contributed by atoms with Crippen LogP contribution in [-0.2, 0) is 16.0 Å². The number of fused-ring (bicyclic) bond motifs is 2. The van der Waals surface area contributed by atoms with Crippen molar-refractivity contribution in [1.82, 2.24) is 9.88 Å². The average Bonchev–Trinajstić information content (AvgIpc) is 3.29. The molecule has 1 aliphatic carbocycles. The Morgan fingerprint density at radius 2 is 1.92 bits per heavy atom. The summed E-state index contributed by atoms with van der Waals surface area (Å²) < 4.78 is 23.4. The van der Waals surface area contributed by atoms with E-state index in [0.29, 0.717) is 42.1 Å². The first-order chi connectivity index (χ1) is 18.5. The first-order valence-corrected chi connectivity index (χ1v) is 13.4. The molecule has 2 aliphatic heterocycles. The molecule has 0 atom stereocenters. The zero-order chi connectivity index (χ0) is 26.1. The number of hydrogen-bond acceptors (Lipinski definition) is 6. The molecule has 0 bridgehead atoms. The summed E-state index contributed by atoms with van der Waals surface area (Å²) in [5, 5.41) is 0.846. The molecule has 3 aliphatic rings. The number of aromatic nitrogens is 1. The summed E-state index contributed by atoms with van der Waals surface area (Å²) in [6.45, 7) is 5.94. The van der Waals surface area contributed by atoms with Gasteiger partial charge in [-0.2, -0.15) is 0 Å². The molecule has 1 amide bonds. The molecular formula is C31H34N2O5. The Hall–Kier alpha value is -3.58. The molecule has 7 heteroatoms. The van der Waals surface area contributed by atoms with Gasteiger partial charge in [-0.15, -0.1) is 0 Å². The summed E-state index contributed by atoms with van der Waals surface area (Å²) in [6.07, 6.45) is 8.16. The minimum absolute atomic E-state index is 0.204. The molecule has 2 aromatic carbocycles. The van der Waals surface area contributed by atoms with Crippen LogP contribution in [0.1, 0.15) is 43.7 Å². The fourth-order valence-corrected chi connectivity index (χ4v) is 5.64. The van der Waals surface area contributed by atoms with Crippen LogP contribution in [0.2, 0.25) is 0 Å². The topological polar surface area (TPSA) is 70.1 Å². The van der Waals surface area contributed by atoms with Crippen molar-refractivity contribution in [3.8, 4) is 23.0 Å². The highest BCUT2D eigenvalue weighted by Gasteiger charge is 2.41. The SMILES string of the molecule is COc1cc2c(Oc3ccc4c(c3)C=C(C)C4)ccnc2cc1OCCCC(=O)N1CCC2(CC1)COC2. The normalized spacial score (nSPS) is 17.6. The summed E-state index contributed by atoms with van der Waals surface area (Å²) in [7, 11) is 1.62. The molecule has 1 aromatic heterocycles. The molecule has 6 rings (SSSR count). The molecule has 0 unspecified atom stereocenters. The van der Waals surface area contributed by atoms with Crippen molar-refractivity contribution in [3.63, 3.8) is 0 Å². The number of rotatable bonds is 8. The van der Waals surface area contributed by atoms with Gasteiger partial charge in [0.2, 0.25) is 5.91 Å². The van der Waals surface area contributed by atoms with Crippen molar-refractivity contribution in [2.24, 2.45) is 5.41 Å². The molecule has 1 spiro atoms. The van der Waals surface area contributed by atoms with Gasteiger partial charge in [0.05, 0.1) is 32.4 Å². The van der Waals surface area contributed by atoms with Crippen LogP contribution in [0.15, 0.2) is 48.2 Å². The second-order valence-electron chi connectivity index (χ2n) is 10.8. The number of nitrogens with zero attached hydrogens (tertiary/aromatic N) is 2. The first-order valence-electron chi connectivity index (χ1n) is 13.4. The molecule has 2 saturated heterocycles. The molecule has 0 radical (unpaired) electrons. The van der Waals surface area contributed by atoms with Crippen molar-refractivity contribution in [1.29, 1.82) is 0 Å². The Morgan fingerprint density at radius 1 is 1.08 bits per heavy atom. The molecule has 7 nitrogen and oxygen atoms in total. The number of allylic oxidation sites excluding steroid dienone is 1. The summed E-state index contributed by atoms with van der Waals surface area (Å²) in [6, 6.07) is 11.9. The predicted octanol–water partition coefficient (Wildman–Crippen LogP) is 5.79. The second-order valence-corrected chi connectivity index (χ2v) is 10.8. The smallest absolute Gasteiger partial charge is 0.222 e. The van der Waals surface area contributed by atoms with Crippen molar-refractivity contribution in [2.45, 2.75) is 39.0 Å². The van der Waals surface area contributed by atoms with E-state index in [1.54, 1.807) is 13.3 Å². The summed E-state index contributed by atoms with van der Waals surface area (Å²) in [5.74, 6) is 2.92. The summed E-state index contributed by atoms with van der Waals surface area (Å²) in [5.41, 5.74) is 4.99. The largest absolute Gasteiger partial charge is 0.493 e. The van der Waals surface area contributed by atoms with Gasteiger partial charge in [0, 0.05) is 42.6 Å². The zero-order valence-corrected chi connectivity index (χ0v) is 22.1. The molecule has 2 fully saturated rings. The molecule has 38 heavy (non-hydrogen) atoms. The number of benzene rings is 2. The first kappa shape index (κ1) is 24.7. The van der Waals surface area contributed by atoms with Crippen molar-refractivity contribution < 1.29 is 23.7 Å². The van der Waals surface area contributed by atoms with Gasteiger partial charge in [-0.1, -0.05) is 17.7 Å². The quantitative estimate of drug-likeness (QED) is 0.354. The highest BCUT2D eigenvalue weighted by Crippen LogP contribution is 2.39. The van der Waals surface area contributed by atoms with Crippen LogP contribution in [0.25, 0.3) is 17.0 Å². The lowest BCUT2D eigenvalue weighted by Crippen LogP contribution is -2.52. The van der Waals surface area contributed by atoms with E-state index in [1.807, 2.05) is 29.2 Å². The maximum absolute atomic E-state index is 12.7. The lowest BCUT2D eigenvalue weighted by Gasteiger charge is -2.47. The van der Waals surface area contributed by atoms with Gasteiger partial charge in [0.1, 0.15) is 11.5 Å². The number of ether oxygens (including phenoxy) is 4. The Bertz CT molecular complexity index is 1380. The standard InChI is InChI=1S/C31H34N2O5/c1-21-14-22-5-6-24(16-23(22)15-21)38-27-7-10-32-26-18-29(28(35-2)17-25(26)27)37-13-3-4-30(34)33-11-8-31(9-12-33)19-36-20-31/h5-7,10,15-18H,3-4,8-9,11-14,19-20H2,1-2H3. The fraction of sp³-hybridized carbons (Fsp3) is 0.419. The van der Waals surface area contributed by atoms with E-state index in [0.717, 1.165) is 62.2 Å². The van der Waals surface area contributed by atoms with E-state index < -0.39 is 0 Å². The number of pyridine rings is 1. The number of carbonyl (C=O) groups excluding carboxylic acids is 1. The maximum Gasteiger partial charge on any atom is 0.222 e. The van der Waals surface area contributed by atoms with Crippen molar-refractivity contribution >= 4 is 22.9 Å². The van der Waals surface area contributed by atoms with Crippen LogP contribution in [-0.4, -0.2) is 55.8 Å². The van der Waals surface area contributed by atoms with Gasteiger partial charge < -0.3 is 23.8 Å².